The molecule has 1 unspecified atom stereocenters. The van der Waals surface area contributed by atoms with Gasteiger partial charge in [-0.2, -0.15) is 0 Å². The van der Waals surface area contributed by atoms with E-state index < -0.39 is 10.8 Å². The van der Waals surface area contributed by atoms with Crippen LogP contribution in [0.2, 0.25) is 0 Å². The molecule has 0 aliphatic carbocycles. The Morgan fingerprint density at radius 2 is 1.70 bits per heavy atom. The van der Waals surface area contributed by atoms with Crippen LogP contribution in [0.25, 0.3) is 0 Å². The van der Waals surface area contributed by atoms with Gasteiger partial charge in [-0.1, -0.05) is 51.3 Å². The van der Waals surface area contributed by atoms with Crippen molar-refractivity contribution in [2.24, 2.45) is 0 Å². The predicted octanol–water partition coefficient (Wildman–Crippen LogP) is 4.10. The summed E-state index contributed by atoms with van der Waals surface area (Å²) in [5, 5.41) is 0. The third-order valence-electron chi connectivity index (χ3n) is 3.00. The Balaban J connectivity index is 2.09. The standard InChI is InChI=1S/C16H18BrNOS/c1-11-5-12(2)7-13(6-11)9-20(19)10-14-3-4-15(18)8-16(14)17/h3-8H,9-10,18H2,1-2H3. The lowest BCUT2D eigenvalue weighted by atomic mass is 10.1. The first-order valence-corrected chi connectivity index (χ1v) is 8.68. The zero-order valence-corrected chi connectivity index (χ0v) is 14.1. The number of hydrogen-bond acceptors (Lipinski definition) is 2. The molecule has 0 aliphatic heterocycles. The smallest absolute Gasteiger partial charge is 0.0500 e. The van der Waals surface area contributed by atoms with Crippen molar-refractivity contribution in [1.29, 1.82) is 0 Å². The Labute approximate surface area is 131 Å². The molecule has 2 nitrogen and oxygen atoms in total. The molecule has 2 rings (SSSR count). The van der Waals surface area contributed by atoms with Crippen molar-refractivity contribution in [2.75, 3.05) is 5.73 Å². The molecule has 2 N–H and O–H groups in total. The molecule has 2 aromatic rings. The molecule has 4 heteroatoms. The van der Waals surface area contributed by atoms with Gasteiger partial charge < -0.3 is 5.73 Å². The van der Waals surface area contributed by atoms with Crippen molar-refractivity contribution in [1.82, 2.24) is 0 Å². The number of aryl methyl sites for hydroxylation is 2. The lowest BCUT2D eigenvalue weighted by molar-refractivity contribution is 0.682. The van der Waals surface area contributed by atoms with E-state index in [1.54, 1.807) is 0 Å². The van der Waals surface area contributed by atoms with E-state index in [2.05, 4.69) is 48.0 Å². The SMILES string of the molecule is Cc1cc(C)cc(CS(=O)Cc2ccc(N)cc2Br)c1. The molecule has 0 aromatic heterocycles. The van der Waals surface area contributed by atoms with Gasteiger partial charge in [0.05, 0.1) is 0 Å². The number of halogens is 1. The van der Waals surface area contributed by atoms with Crippen LogP contribution in [-0.4, -0.2) is 4.21 Å². The van der Waals surface area contributed by atoms with Crippen LogP contribution in [0.15, 0.2) is 40.9 Å². The van der Waals surface area contributed by atoms with Crippen LogP contribution in [0.4, 0.5) is 5.69 Å². The van der Waals surface area contributed by atoms with Crippen LogP contribution in [0, 0.1) is 13.8 Å². The molecule has 0 amide bonds. The summed E-state index contributed by atoms with van der Waals surface area (Å²) in [6, 6.07) is 11.9. The Bertz CT molecular complexity index is 635. The van der Waals surface area contributed by atoms with Crippen molar-refractivity contribution in [3.05, 3.63) is 63.1 Å². The van der Waals surface area contributed by atoms with Gasteiger partial charge in [0, 0.05) is 32.5 Å². The van der Waals surface area contributed by atoms with Gasteiger partial charge in [-0.3, -0.25) is 4.21 Å². The summed E-state index contributed by atoms with van der Waals surface area (Å²) in [7, 11) is -0.926. The molecule has 20 heavy (non-hydrogen) atoms. The second kappa shape index (κ2) is 6.55. The van der Waals surface area contributed by atoms with Gasteiger partial charge in [0.15, 0.2) is 0 Å². The van der Waals surface area contributed by atoms with E-state index in [9.17, 15) is 4.21 Å². The number of nitrogen functional groups attached to an aromatic ring is 1. The van der Waals surface area contributed by atoms with Gasteiger partial charge in [-0.15, -0.1) is 0 Å². The second-order valence-electron chi connectivity index (χ2n) is 5.08. The highest BCUT2D eigenvalue weighted by Gasteiger charge is 2.07. The molecule has 0 radical (unpaired) electrons. The van der Waals surface area contributed by atoms with E-state index in [1.165, 1.54) is 11.1 Å². The largest absolute Gasteiger partial charge is 0.399 e. The summed E-state index contributed by atoms with van der Waals surface area (Å²) < 4.78 is 13.2. The average molecular weight is 352 g/mol. The van der Waals surface area contributed by atoms with Gasteiger partial charge in [-0.05, 0) is 37.1 Å². The maximum Gasteiger partial charge on any atom is 0.0500 e. The van der Waals surface area contributed by atoms with E-state index in [4.69, 9.17) is 5.73 Å². The van der Waals surface area contributed by atoms with E-state index in [1.807, 2.05) is 18.2 Å². The average Bonchev–Trinajstić information content (AvgIpc) is 2.31. The normalized spacial score (nSPS) is 12.3. The van der Waals surface area contributed by atoms with Crippen molar-refractivity contribution in [2.45, 2.75) is 25.4 Å². The van der Waals surface area contributed by atoms with E-state index in [0.29, 0.717) is 17.2 Å². The van der Waals surface area contributed by atoms with Crippen LogP contribution in [0.3, 0.4) is 0 Å². The Morgan fingerprint density at radius 1 is 1.05 bits per heavy atom. The fourth-order valence-corrected chi connectivity index (χ4v) is 4.20. The first-order valence-electron chi connectivity index (χ1n) is 6.40. The molecule has 106 valence electrons. The highest BCUT2D eigenvalue weighted by Crippen LogP contribution is 2.22. The van der Waals surface area contributed by atoms with Gasteiger partial charge in [-0.25, -0.2) is 0 Å². The van der Waals surface area contributed by atoms with Gasteiger partial charge in [0.2, 0.25) is 0 Å². The topological polar surface area (TPSA) is 43.1 Å². The van der Waals surface area contributed by atoms with Gasteiger partial charge in [0.1, 0.15) is 0 Å². The number of benzene rings is 2. The molecule has 0 saturated heterocycles. The lowest BCUT2D eigenvalue weighted by Gasteiger charge is -2.07. The molecule has 0 fully saturated rings. The lowest BCUT2D eigenvalue weighted by Crippen LogP contribution is -2.01. The van der Waals surface area contributed by atoms with Crippen LogP contribution >= 0.6 is 15.9 Å². The van der Waals surface area contributed by atoms with E-state index in [0.717, 1.165) is 15.6 Å². The molecule has 2 aromatic carbocycles. The number of anilines is 1. The van der Waals surface area contributed by atoms with Crippen molar-refractivity contribution in [3.8, 4) is 0 Å². The highest BCUT2D eigenvalue weighted by atomic mass is 79.9. The Kier molecular flexibility index (Phi) is 5.00. The predicted molar refractivity (Wildman–Crippen MR) is 90.0 cm³/mol. The summed E-state index contributed by atoms with van der Waals surface area (Å²) in [5.41, 5.74) is 11.0. The molecule has 0 bridgehead atoms. The fourth-order valence-electron chi connectivity index (χ4n) is 2.24. The zero-order chi connectivity index (χ0) is 14.7. The fraction of sp³-hybridized carbons (Fsp3) is 0.250. The summed E-state index contributed by atoms with van der Waals surface area (Å²) in [5.74, 6) is 1.12. The zero-order valence-electron chi connectivity index (χ0n) is 11.7. The van der Waals surface area contributed by atoms with Crippen molar-refractivity contribution < 1.29 is 4.21 Å². The third-order valence-corrected chi connectivity index (χ3v) is 5.03. The van der Waals surface area contributed by atoms with Crippen molar-refractivity contribution >= 4 is 32.4 Å². The molecule has 0 heterocycles. The van der Waals surface area contributed by atoms with Gasteiger partial charge >= 0.3 is 0 Å². The highest BCUT2D eigenvalue weighted by molar-refractivity contribution is 9.10. The molecule has 0 saturated carbocycles. The van der Waals surface area contributed by atoms with Crippen LogP contribution in [0.1, 0.15) is 22.3 Å². The minimum absolute atomic E-state index is 0.536. The summed E-state index contributed by atoms with van der Waals surface area (Å²) in [6.45, 7) is 4.13. The first kappa shape index (κ1) is 15.3. The van der Waals surface area contributed by atoms with Crippen molar-refractivity contribution in [3.63, 3.8) is 0 Å². The molecular weight excluding hydrogens is 334 g/mol. The number of hydrogen-bond donors (Lipinski definition) is 1. The summed E-state index contributed by atoms with van der Waals surface area (Å²) in [4.78, 5) is 0. The maximum absolute atomic E-state index is 12.3. The van der Waals surface area contributed by atoms with Crippen LogP contribution < -0.4 is 5.73 Å². The van der Waals surface area contributed by atoms with Gasteiger partial charge in [0.25, 0.3) is 0 Å². The molecule has 0 aliphatic rings. The number of nitrogens with two attached hydrogens (primary N) is 1. The Hall–Kier alpha value is -1.13. The Morgan fingerprint density at radius 3 is 2.30 bits per heavy atom. The molecular formula is C16H18BrNOS. The van der Waals surface area contributed by atoms with E-state index >= 15 is 0 Å². The first-order chi connectivity index (χ1) is 9.44. The summed E-state index contributed by atoms with van der Waals surface area (Å²) in [6.07, 6.45) is 0. The second-order valence-corrected chi connectivity index (χ2v) is 7.39. The molecule has 0 spiro atoms. The molecule has 1 atom stereocenters. The maximum atomic E-state index is 12.3. The monoisotopic (exact) mass is 351 g/mol. The quantitative estimate of drug-likeness (QED) is 0.842. The van der Waals surface area contributed by atoms with Crippen LogP contribution in [0.5, 0.6) is 0 Å². The van der Waals surface area contributed by atoms with Crippen LogP contribution in [-0.2, 0) is 22.3 Å². The van der Waals surface area contributed by atoms with E-state index in [-0.39, 0.29) is 0 Å². The minimum atomic E-state index is -0.926. The number of rotatable bonds is 4. The summed E-state index contributed by atoms with van der Waals surface area (Å²) >= 11 is 3.47. The third kappa shape index (κ3) is 4.18. The minimum Gasteiger partial charge on any atom is -0.399 e.